The molecule has 0 aliphatic carbocycles. The van der Waals surface area contributed by atoms with Crippen LogP contribution in [-0.4, -0.2) is 37.6 Å². The molecule has 0 bridgehead atoms. The molecule has 0 fully saturated rings. The van der Waals surface area contributed by atoms with Gasteiger partial charge in [-0.05, 0) is 6.92 Å². The molecule has 0 spiro atoms. The Hall–Kier alpha value is -1.14. The molecular weight excluding hydrogens is 174 g/mol. The van der Waals surface area contributed by atoms with Gasteiger partial charge in [0, 0.05) is 6.54 Å². The van der Waals surface area contributed by atoms with Gasteiger partial charge >= 0.3 is 0 Å². The zero-order chi connectivity index (χ0) is 10.3. The number of nitrogens with two attached hydrogens (primary N) is 2. The summed E-state index contributed by atoms with van der Waals surface area (Å²) in [5, 5.41) is 2.80. The Morgan fingerprint density at radius 3 is 2.54 bits per heavy atom. The minimum Gasteiger partial charge on any atom is -0.370 e. The third kappa shape index (κ3) is 7.23. The zero-order valence-electron chi connectivity index (χ0n) is 7.58. The van der Waals surface area contributed by atoms with Crippen molar-refractivity contribution in [1.29, 1.82) is 0 Å². The summed E-state index contributed by atoms with van der Waals surface area (Å²) in [7, 11) is 0. The highest BCUT2D eigenvalue weighted by atomic mass is 16.5. The SMILES string of the molecule is CC(NCCOCC(N)=O)C(N)=O. The van der Waals surface area contributed by atoms with Crippen LogP contribution in [0.4, 0.5) is 0 Å². The molecule has 2 amide bonds. The summed E-state index contributed by atoms with van der Waals surface area (Å²) in [5.41, 5.74) is 9.81. The van der Waals surface area contributed by atoms with Crippen molar-refractivity contribution in [2.75, 3.05) is 19.8 Å². The summed E-state index contributed by atoms with van der Waals surface area (Å²) in [6, 6.07) is -0.392. The Morgan fingerprint density at radius 1 is 1.46 bits per heavy atom. The van der Waals surface area contributed by atoms with Crippen molar-refractivity contribution in [2.45, 2.75) is 13.0 Å². The van der Waals surface area contributed by atoms with Crippen LogP contribution in [0.2, 0.25) is 0 Å². The smallest absolute Gasteiger partial charge is 0.243 e. The normalized spacial score (nSPS) is 12.4. The number of carbonyl (C=O) groups is 2. The van der Waals surface area contributed by atoms with E-state index in [2.05, 4.69) is 5.32 Å². The molecule has 0 saturated carbocycles. The van der Waals surface area contributed by atoms with Gasteiger partial charge in [0.1, 0.15) is 6.61 Å². The Kier molecular flexibility index (Phi) is 5.82. The van der Waals surface area contributed by atoms with Crippen molar-refractivity contribution in [3.63, 3.8) is 0 Å². The quantitative estimate of drug-likeness (QED) is 0.401. The van der Waals surface area contributed by atoms with Gasteiger partial charge in [0.25, 0.3) is 0 Å². The van der Waals surface area contributed by atoms with Crippen molar-refractivity contribution in [3.05, 3.63) is 0 Å². The fourth-order valence-electron chi connectivity index (χ4n) is 0.621. The predicted molar refractivity (Wildman–Crippen MR) is 46.7 cm³/mol. The molecule has 1 unspecified atom stereocenters. The van der Waals surface area contributed by atoms with E-state index >= 15 is 0 Å². The monoisotopic (exact) mass is 189 g/mol. The van der Waals surface area contributed by atoms with Gasteiger partial charge in [0.15, 0.2) is 0 Å². The summed E-state index contributed by atoms with van der Waals surface area (Å²) >= 11 is 0. The highest BCUT2D eigenvalue weighted by molar-refractivity contribution is 5.79. The minimum atomic E-state index is -0.511. The van der Waals surface area contributed by atoms with Crippen LogP contribution in [0.5, 0.6) is 0 Å². The van der Waals surface area contributed by atoms with Crippen LogP contribution >= 0.6 is 0 Å². The van der Waals surface area contributed by atoms with E-state index in [9.17, 15) is 9.59 Å². The summed E-state index contributed by atoms with van der Waals surface area (Å²) in [5.74, 6) is -0.933. The average molecular weight is 189 g/mol. The van der Waals surface area contributed by atoms with Gasteiger partial charge in [-0.25, -0.2) is 0 Å². The number of rotatable bonds is 7. The number of carbonyl (C=O) groups excluding carboxylic acids is 2. The lowest BCUT2D eigenvalue weighted by Gasteiger charge is -2.09. The molecule has 0 aromatic heterocycles. The van der Waals surface area contributed by atoms with Crippen molar-refractivity contribution < 1.29 is 14.3 Å². The molecular formula is C7H15N3O3. The number of hydrogen-bond donors (Lipinski definition) is 3. The zero-order valence-corrected chi connectivity index (χ0v) is 7.58. The van der Waals surface area contributed by atoms with Crippen LogP contribution in [0, 0.1) is 0 Å². The van der Waals surface area contributed by atoms with Crippen LogP contribution in [0.3, 0.4) is 0 Å². The first-order chi connectivity index (χ1) is 6.04. The molecule has 0 saturated heterocycles. The predicted octanol–water partition coefficient (Wildman–Crippen LogP) is -2.05. The molecule has 0 aromatic rings. The van der Waals surface area contributed by atoms with E-state index in [1.807, 2.05) is 0 Å². The lowest BCUT2D eigenvalue weighted by atomic mass is 10.3. The fourth-order valence-corrected chi connectivity index (χ4v) is 0.621. The molecule has 0 aliphatic heterocycles. The third-order valence-electron chi connectivity index (χ3n) is 1.37. The van der Waals surface area contributed by atoms with Gasteiger partial charge in [-0.15, -0.1) is 0 Å². The van der Waals surface area contributed by atoms with Gasteiger partial charge in [-0.2, -0.15) is 0 Å². The van der Waals surface area contributed by atoms with E-state index in [4.69, 9.17) is 16.2 Å². The molecule has 0 aliphatic rings. The van der Waals surface area contributed by atoms with E-state index in [1.165, 1.54) is 0 Å². The lowest BCUT2D eigenvalue weighted by molar-refractivity contribution is -0.123. The van der Waals surface area contributed by atoms with Gasteiger partial charge in [0.2, 0.25) is 11.8 Å². The first-order valence-electron chi connectivity index (χ1n) is 3.92. The molecule has 76 valence electrons. The Balaban J connectivity index is 3.26. The number of amides is 2. The lowest BCUT2D eigenvalue weighted by Crippen LogP contribution is -2.40. The van der Waals surface area contributed by atoms with Crippen molar-refractivity contribution in [3.8, 4) is 0 Å². The molecule has 6 heteroatoms. The second kappa shape index (κ2) is 6.38. The average Bonchev–Trinajstić information content (AvgIpc) is 2.02. The summed E-state index contributed by atoms with van der Waals surface area (Å²) in [6.07, 6.45) is 0. The Labute approximate surface area is 76.6 Å². The first kappa shape index (κ1) is 11.9. The largest absolute Gasteiger partial charge is 0.370 e. The maximum absolute atomic E-state index is 10.5. The van der Waals surface area contributed by atoms with Crippen LogP contribution in [0.15, 0.2) is 0 Å². The molecule has 13 heavy (non-hydrogen) atoms. The van der Waals surface area contributed by atoms with Gasteiger partial charge in [-0.1, -0.05) is 0 Å². The van der Waals surface area contributed by atoms with E-state index in [1.54, 1.807) is 6.92 Å². The maximum atomic E-state index is 10.5. The highest BCUT2D eigenvalue weighted by Gasteiger charge is 2.05. The van der Waals surface area contributed by atoms with Crippen LogP contribution in [0.1, 0.15) is 6.92 Å². The van der Waals surface area contributed by atoms with Gasteiger partial charge in [0.05, 0.1) is 12.6 Å². The van der Waals surface area contributed by atoms with Gasteiger partial charge in [-0.3, -0.25) is 9.59 Å². The summed E-state index contributed by atoms with van der Waals surface area (Å²) in [4.78, 5) is 20.7. The molecule has 5 N–H and O–H groups in total. The maximum Gasteiger partial charge on any atom is 0.243 e. The molecule has 6 nitrogen and oxygen atoms in total. The molecule has 0 aromatic carbocycles. The molecule has 0 radical (unpaired) electrons. The van der Waals surface area contributed by atoms with Crippen LogP contribution in [-0.2, 0) is 14.3 Å². The fraction of sp³-hybridized carbons (Fsp3) is 0.714. The van der Waals surface area contributed by atoms with Crippen molar-refractivity contribution in [1.82, 2.24) is 5.32 Å². The van der Waals surface area contributed by atoms with E-state index < -0.39 is 17.9 Å². The van der Waals surface area contributed by atoms with Gasteiger partial charge < -0.3 is 21.5 Å². The Morgan fingerprint density at radius 2 is 2.08 bits per heavy atom. The first-order valence-corrected chi connectivity index (χ1v) is 3.92. The second-order valence-corrected chi connectivity index (χ2v) is 2.60. The van der Waals surface area contributed by atoms with E-state index in [0.29, 0.717) is 13.2 Å². The third-order valence-corrected chi connectivity index (χ3v) is 1.37. The Bertz CT molecular complexity index is 184. The number of hydrogen-bond acceptors (Lipinski definition) is 4. The molecule has 1 atom stereocenters. The number of primary amides is 2. The van der Waals surface area contributed by atoms with Crippen LogP contribution in [0.25, 0.3) is 0 Å². The highest BCUT2D eigenvalue weighted by Crippen LogP contribution is 1.78. The topological polar surface area (TPSA) is 107 Å². The minimum absolute atomic E-state index is 0.105. The summed E-state index contributed by atoms with van der Waals surface area (Å²) < 4.78 is 4.84. The van der Waals surface area contributed by atoms with E-state index in [0.717, 1.165) is 0 Å². The second-order valence-electron chi connectivity index (χ2n) is 2.60. The molecule has 0 rings (SSSR count). The number of ether oxygens (including phenoxy) is 1. The summed E-state index contributed by atoms with van der Waals surface area (Å²) in [6.45, 7) is 2.32. The number of nitrogens with one attached hydrogen (secondary N) is 1. The van der Waals surface area contributed by atoms with E-state index in [-0.39, 0.29) is 6.61 Å². The van der Waals surface area contributed by atoms with Crippen molar-refractivity contribution in [2.24, 2.45) is 11.5 Å². The molecule has 0 heterocycles. The standard InChI is InChI=1S/C7H15N3O3/c1-5(7(9)12)10-2-3-13-4-6(8)11/h5,10H,2-4H2,1H3,(H2,8,11)(H2,9,12). The van der Waals surface area contributed by atoms with Crippen LogP contribution < -0.4 is 16.8 Å². The van der Waals surface area contributed by atoms with Crippen molar-refractivity contribution >= 4 is 11.8 Å².